The number of carboxylic acids is 1. The van der Waals surface area contributed by atoms with E-state index in [2.05, 4.69) is 0 Å². The molecule has 2 bridgehead atoms. The molecule has 0 saturated carbocycles. The van der Waals surface area contributed by atoms with Crippen molar-refractivity contribution in [3.63, 3.8) is 0 Å². The number of amides is 1. The summed E-state index contributed by atoms with van der Waals surface area (Å²) in [6, 6.07) is 3.91. The molecule has 2 heterocycles. The van der Waals surface area contributed by atoms with Gasteiger partial charge in [-0.25, -0.2) is 0 Å². The molecule has 1 aromatic rings. The van der Waals surface area contributed by atoms with Gasteiger partial charge in [0.1, 0.15) is 0 Å². The molecule has 1 N–H and O–H groups in total. The first kappa shape index (κ1) is 16.0. The summed E-state index contributed by atoms with van der Waals surface area (Å²) in [7, 11) is 0. The van der Waals surface area contributed by atoms with E-state index in [1.165, 1.54) is 5.56 Å². The summed E-state index contributed by atoms with van der Waals surface area (Å²) in [6.07, 6.45) is 2.91. The fraction of sp³-hybridized carbons (Fsp3) is 0.579. The quantitative estimate of drug-likeness (QED) is 0.929. The van der Waals surface area contributed by atoms with Gasteiger partial charge in [-0.15, -0.1) is 0 Å². The number of aryl methyl sites for hydroxylation is 3. The molecule has 0 aromatic heterocycles. The number of hydrogen-bond donors (Lipinski definition) is 1. The minimum absolute atomic E-state index is 0.00896. The molecule has 1 aromatic carbocycles. The molecule has 23 heavy (non-hydrogen) atoms. The highest BCUT2D eigenvalue weighted by atomic mass is 16.4. The van der Waals surface area contributed by atoms with Crippen LogP contribution in [-0.2, 0) is 4.79 Å². The highest BCUT2D eigenvalue weighted by molar-refractivity contribution is 5.97. The number of carbonyl (C=O) groups excluding carboxylic acids is 1. The first-order chi connectivity index (χ1) is 10.8. The standard InChI is InChI=1S/C19H25NO3/c1-5-19(18(22)23)10-14-6-7-16(19)20(14)17(21)15-9-12(3)11(2)8-13(15)4/h8-9,14,16H,5-7,10H2,1-4H3,(H,22,23)/t14-,16+,19+/m0/s1. The van der Waals surface area contributed by atoms with Gasteiger partial charge in [-0.05, 0) is 69.2 Å². The van der Waals surface area contributed by atoms with Crippen molar-refractivity contribution in [2.24, 2.45) is 5.41 Å². The van der Waals surface area contributed by atoms with Crippen molar-refractivity contribution in [1.82, 2.24) is 4.90 Å². The van der Waals surface area contributed by atoms with E-state index in [1.807, 2.05) is 44.7 Å². The van der Waals surface area contributed by atoms with E-state index >= 15 is 0 Å². The van der Waals surface area contributed by atoms with Crippen LogP contribution in [0.2, 0.25) is 0 Å². The second-order valence-electron chi connectivity index (χ2n) is 7.23. The fourth-order valence-corrected chi connectivity index (χ4v) is 4.58. The Morgan fingerprint density at radius 3 is 2.39 bits per heavy atom. The van der Waals surface area contributed by atoms with Crippen LogP contribution in [0.5, 0.6) is 0 Å². The van der Waals surface area contributed by atoms with Gasteiger partial charge in [0.05, 0.1) is 5.41 Å². The highest BCUT2D eigenvalue weighted by Gasteiger charge is 2.60. The van der Waals surface area contributed by atoms with Crippen LogP contribution >= 0.6 is 0 Å². The predicted molar refractivity (Wildman–Crippen MR) is 88.6 cm³/mol. The normalized spacial score (nSPS) is 29.1. The Bertz CT molecular complexity index is 681. The summed E-state index contributed by atoms with van der Waals surface area (Å²) in [5.41, 5.74) is 3.22. The number of benzene rings is 1. The van der Waals surface area contributed by atoms with Crippen LogP contribution in [0.25, 0.3) is 0 Å². The van der Waals surface area contributed by atoms with Crippen molar-refractivity contribution in [2.45, 2.75) is 65.5 Å². The second kappa shape index (κ2) is 5.36. The lowest BCUT2D eigenvalue weighted by Gasteiger charge is -2.32. The van der Waals surface area contributed by atoms with Gasteiger partial charge in [0.25, 0.3) is 5.91 Å². The number of hydrogen-bond acceptors (Lipinski definition) is 2. The van der Waals surface area contributed by atoms with Crippen molar-refractivity contribution in [3.05, 3.63) is 34.4 Å². The maximum absolute atomic E-state index is 13.2. The first-order valence-electron chi connectivity index (χ1n) is 8.45. The molecule has 0 unspecified atom stereocenters. The number of rotatable bonds is 3. The van der Waals surface area contributed by atoms with Gasteiger partial charge in [-0.2, -0.15) is 0 Å². The minimum Gasteiger partial charge on any atom is -0.481 e. The van der Waals surface area contributed by atoms with E-state index in [0.29, 0.717) is 12.8 Å². The maximum atomic E-state index is 13.2. The monoisotopic (exact) mass is 315 g/mol. The molecular weight excluding hydrogens is 290 g/mol. The number of nitrogens with zero attached hydrogens (tertiary/aromatic N) is 1. The van der Waals surface area contributed by atoms with Gasteiger partial charge in [0.15, 0.2) is 0 Å². The molecule has 2 aliphatic heterocycles. The molecule has 3 atom stereocenters. The van der Waals surface area contributed by atoms with Crippen LogP contribution in [0, 0.1) is 26.2 Å². The number of fused-ring (bicyclic) bond motifs is 2. The fourth-order valence-electron chi connectivity index (χ4n) is 4.58. The summed E-state index contributed by atoms with van der Waals surface area (Å²) in [6.45, 7) is 7.95. The van der Waals surface area contributed by atoms with Crippen molar-refractivity contribution < 1.29 is 14.7 Å². The molecule has 0 aliphatic carbocycles. The molecule has 4 nitrogen and oxygen atoms in total. The van der Waals surface area contributed by atoms with Gasteiger partial charge in [-0.1, -0.05) is 13.0 Å². The molecule has 124 valence electrons. The molecule has 2 aliphatic rings. The second-order valence-corrected chi connectivity index (χ2v) is 7.23. The van der Waals surface area contributed by atoms with E-state index in [9.17, 15) is 14.7 Å². The smallest absolute Gasteiger partial charge is 0.311 e. The highest BCUT2D eigenvalue weighted by Crippen LogP contribution is 2.52. The van der Waals surface area contributed by atoms with Gasteiger partial charge in [0, 0.05) is 17.6 Å². The molecular formula is C19H25NO3. The SMILES string of the molecule is CC[C@@]1(C(=O)O)C[C@@H]2CC[C@H]1N2C(=O)c1cc(C)c(C)cc1C. The van der Waals surface area contributed by atoms with Crippen LogP contribution in [0.15, 0.2) is 12.1 Å². The molecule has 0 radical (unpaired) electrons. The third-order valence-electron chi connectivity index (χ3n) is 6.10. The lowest BCUT2D eigenvalue weighted by atomic mass is 9.72. The number of aliphatic carboxylic acids is 1. The Hall–Kier alpha value is -1.84. The zero-order chi connectivity index (χ0) is 16.9. The van der Waals surface area contributed by atoms with Gasteiger partial charge >= 0.3 is 5.97 Å². The minimum atomic E-state index is -0.758. The van der Waals surface area contributed by atoms with Gasteiger partial charge in [-0.3, -0.25) is 9.59 Å². The Morgan fingerprint density at radius 2 is 1.83 bits per heavy atom. The predicted octanol–water partition coefficient (Wildman–Crippen LogP) is 3.47. The van der Waals surface area contributed by atoms with E-state index in [0.717, 1.165) is 29.5 Å². The van der Waals surface area contributed by atoms with Crippen LogP contribution in [-0.4, -0.2) is 34.0 Å². The topological polar surface area (TPSA) is 57.6 Å². The summed E-state index contributed by atoms with van der Waals surface area (Å²) in [4.78, 5) is 26.9. The van der Waals surface area contributed by atoms with Gasteiger partial charge < -0.3 is 10.0 Å². The van der Waals surface area contributed by atoms with Gasteiger partial charge in [0.2, 0.25) is 0 Å². The molecule has 3 rings (SSSR count). The number of carbonyl (C=O) groups is 2. The average Bonchev–Trinajstić information content (AvgIpc) is 3.06. The van der Waals surface area contributed by atoms with E-state index in [1.54, 1.807) is 0 Å². The summed E-state index contributed by atoms with van der Waals surface area (Å²) in [5.74, 6) is -0.739. The summed E-state index contributed by atoms with van der Waals surface area (Å²) >= 11 is 0. The first-order valence-corrected chi connectivity index (χ1v) is 8.45. The average molecular weight is 315 g/mol. The summed E-state index contributed by atoms with van der Waals surface area (Å²) in [5, 5.41) is 9.75. The van der Waals surface area contributed by atoms with Crippen molar-refractivity contribution in [3.8, 4) is 0 Å². The molecule has 2 fully saturated rings. The summed E-state index contributed by atoms with van der Waals surface area (Å²) < 4.78 is 0. The zero-order valence-electron chi connectivity index (χ0n) is 14.3. The number of carboxylic acid groups (broad SMARTS) is 1. The molecule has 1 amide bonds. The van der Waals surface area contributed by atoms with Crippen molar-refractivity contribution in [2.75, 3.05) is 0 Å². The van der Waals surface area contributed by atoms with Crippen LogP contribution < -0.4 is 0 Å². The Kier molecular flexibility index (Phi) is 3.74. The molecule has 0 spiro atoms. The third-order valence-corrected chi connectivity index (χ3v) is 6.10. The maximum Gasteiger partial charge on any atom is 0.311 e. The van der Waals surface area contributed by atoms with Crippen molar-refractivity contribution in [1.29, 1.82) is 0 Å². The largest absolute Gasteiger partial charge is 0.481 e. The Balaban J connectivity index is 1.99. The molecule has 2 saturated heterocycles. The lowest BCUT2D eigenvalue weighted by Crippen LogP contribution is -2.44. The van der Waals surface area contributed by atoms with Crippen molar-refractivity contribution >= 4 is 11.9 Å². The third kappa shape index (κ3) is 2.19. The van der Waals surface area contributed by atoms with Crippen LogP contribution in [0.4, 0.5) is 0 Å². The van der Waals surface area contributed by atoms with E-state index < -0.39 is 11.4 Å². The zero-order valence-corrected chi connectivity index (χ0v) is 14.3. The Morgan fingerprint density at radius 1 is 1.17 bits per heavy atom. The van der Waals surface area contributed by atoms with E-state index in [4.69, 9.17) is 0 Å². The lowest BCUT2D eigenvalue weighted by molar-refractivity contribution is -0.151. The van der Waals surface area contributed by atoms with Crippen LogP contribution in [0.1, 0.15) is 59.7 Å². The Labute approximate surface area is 137 Å². The van der Waals surface area contributed by atoms with E-state index in [-0.39, 0.29) is 18.0 Å². The van der Waals surface area contributed by atoms with Crippen LogP contribution in [0.3, 0.4) is 0 Å². The molecule has 4 heteroatoms.